The van der Waals surface area contributed by atoms with Crippen molar-refractivity contribution in [2.24, 2.45) is 11.3 Å². The summed E-state index contributed by atoms with van der Waals surface area (Å²) >= 11 is 12.6. The number of allylic oxidation sites excluding steroid dienone is 1. The third kappa shape index (κ3) is 4.79. The van der Waals surface area contributed by atoms with E-state index in [-0.39, 0.29) is 29.8 Å². The fraction of sp³-hybridized carbons (Fsp3) is 0.407. The van der Waals surface area contributed by atoms with Crippen LogP contribution in [0.2, 0.25) is 10.0 Å². The van der Waals surface area contributed by atoms with Gasteiger partial charge in [-0.05, 0) is 54.7 Å². The van der Waals surface area contributed by atoms with Gasteiger partial charge in [-0.3, -0.25) is 4.79 Å². The molecule has 3 rings (SSSR count). The quantitative estimate of drug-likeness (QED) is 0.300. The standard InChI is InChI=1S/C27H31Cl2NO2/c1-5-14-27(4)16-23(20-8-7-9-22(29)15-20)25(19-10-12-21(28)13-11-19)30(26(27)32)24(6-2)18(3)17-31/h5,7-13,15,17-18,23-25H,1,6,14,16H2,2-4H3/t18-,23-,24+,25-,27+/m1/s1. The second-order valence-electron chi connectivity index (χ2n) is 9.10. The number of halogens is 2. The molecule has 1 fully saturated rings. The maximum absolute atomic E-state index is 14.1. The van der Waals surface area contributed by atoms with Crippen LogP contribution in [-0.2, 0) is 9.59 Å². The zero-order valence-electron chi connectivity index (χ0n) is 18.9. The number of amides is 1. The highest BCUT2D eigenvalue weighted by Crippen LogP contribution is 2.52. The summed E-state index contributed by atoms with van der Waals surface area (Å²) in [5.74, 6) is -0.216. The van der Waals surface area contributed by atoms with Gasteiger partial charge in [-0.25, -0.2) is 0 Å². The zero-order chi connectivity index (χ0) is 23.5. The molecular formula is C27H31Cl2NO2. The summed E-state index contributed by atoms with van der Waals surface area (Å²) in [6.07, 6.45) is 4.68. The summed E-state index contributed by atoms with van der Waals surface area (Å²) in [4.78, 5) is 27.9. The lowest BCUT2D eigenvalue weighted by Crippen LogP contribution is -2.57. The molecule has 2 aromatic carbocycles. The van der Waals surface area contributed by atoms with Gasteiger partial charge in [-0.2, -0.15) is 0 Å². The average Bonchev–Trinajstić information content (AvgIpc) is 2.77. The Bertz CT molecular complexity index is 974. The van der Waals surface area contributed by atoms with Crippen molar-refractivity contribution in [3.05, 3.63) is 82.4 Å². The van der Waals surface area contributed by atoms with Gasteiger partial charge in [0.2, 0.25) is 5.91 Å². The fourth-order valence-electron chi connectivity index (χ4n) is 5.17. The Hall–Kier alpha value is -2.10. The lowest BCUT2D eigenvalue weighted by atomic mass is 9.66. The molecule has 0 saturated carbocycles. The molecule has 170 valence electrons. The second-order valence-corrected chi connectivity index (χ2v) is 9.97. The molecule has 3 nitrogen and oxygen atoms in total. The van der Waals surface area contributed by atoms with Crippen LogP contribution in [-0.4, -0.2) is 23.1 Å². The number of carbonyl (C=O) groups is 2. The summed E-state index contributed by atoms with van der Waals surface area (Å²) in [7, 11) is 0. The number of aldehydes is 1. The molecule has 1 heterocycles. The molecule has 1 saturated heterocycles. The Labute approximate surface area is 201 Å². The van der Waals surface area contributed by atoms with E-state index >= 15 is 0 Å². The maximum Gasteiger partial charge on any atom is 0.229 e. The third-order valence-electron chi connectivity index (χ3n) is 6.78. The van der Waals surface area contributed by atoms with Crippen LogP contribution in [0.25, 0.3) is 0 Å². The SMILES string of the molecule is C=CC[C@@]1(C)C[C@H](c2cccc(Cl)c2)[C@@H](c2ccc(Cl)cc2)N([C@@H](CC)[C@H](C)C=O)C1=O. The van der Waals surface area contributed by atoms with E-state index in [4.69, 9.17) is 23.2 Å². The molecule has 0 aliphatic carbocycles. The Balaban J connectivity index is 2.26. The van der Waals surface area contributed by atoms with Gasteiger partial charge in [0.25, 0.3) is 0 Å². The molecule has 0 N–H and O–H groups in total. The number of hydrogen-bond acceptors (Lipinski definition) is 2. The monoisotopic (exact) mass is 471 g/mol. The van der Waals surface area contributed by atoms with Crippen LogP contribution in [0.5, 0.6) is 0 Å². The zero-order valence-corrected chi connectivity index (χ0v) is 20.4. The largest absolute Gasteiger partial charge is 0.331 e. The third-order valence-corrected chi connectivity index (χ3v) is 7.27. The van der Waals surface area contributed by atoms with E-state index < -0.39 is 5.41 Å². The van der Waals surface area contributed by atoms with Gasteiger partial charge in [0, 0.05) is 27.9 Å². The van der Waals surface area contributed by atoms with Crippen LogP contribution < -0.4 is 0 Å². The predicted molar refractivity (Wildman–Crippen MR) is 132 cm³/mol. The van der Waals surface area contributed by atoms with Crippen molar-refractivity contribution in [3.63, 3.8) is 0 Å². The number of nitrogens with zero attached hydrogens (tertiary/aromatic N) is 1. The van der Waals surface area contributed by atoms with E-state index in [9.17, 15) is 9.59 Å². The van der Waals surface area contributed by atoms with Gasteiger partial charge < -0.3 is 9.69 Å². The van der Waals surface area contributed by atoms with Gasteiger partial charge >= 0.3 is 0 Å². The van der Waals surface area contributed by atoms with Crippen LogP contribution in [0.1, 0.15) is 63.1 Å². The number of carbonyl (C=O) groups excluding carboxylic acids is 2. The number of hydrogen-bond donors (Lipinski definition) is 0. The van der Waals surface area contributed by atoms with Crippen LogP contribution >= 0.6 is 23.2 Å². The van der Waals surface area contributed by atoms with E-state index in [0.717, 1.165) is 17.4 Å². The molecule has 0 aromatic heterocycles. The van der Waals surface area contributed by atoms with Gasteiger partial charge in [0.15, 0.2) is 0 Å². The number of benzene rings is 2. The van der Waals surface area contributed by atoms with E-state index in [2.05, 4.69) is 12.6 Å². The van der Waals surface area contributed by atoms with Crippen molar-refractivity contribution in [3.8, 4) is 0 Å². The summed E-state index contributed by atoms with van der Waals surface area (Å²) in [5.41, 5.74) is 1.47. The number of likely N-dealkylation sites (tertiary alicyclic amines) is 1. The van der Waals surface area contributed by atoms with E-state index in [1.54, 1.807) is 0 Å². The minimum Gasteiger partial charge on any atom is -0.331 e. The first-order valence-electron chi connectivity index (χ1n) is 11.2. The molecule has 32 heavy (non-hydrogen) atoms. The van der Waals surface area contributed by atoms with Crippen molar-refractivity contribution >= 4 is 35.4 Å². The molecule has 5 heteroatoms. The Kier molecular flexibility index (Phi) is 7.84. The summed E-state index contributed by atoms with van der Waals surface area (Å²) < 4.78 is 0. The highest BCUT2D eigenvalue weighted by molar-refractivity contribution is 6.30. The van der Waals surface area contributed by atoms with E-state index in [1.807, 2.05) is 74.2 Å². The first-order chi connectivity index (χ1) is 15.3. The Morgan fingerprint density at radius 1 is 1.16 bits per heavy atom. The topological polar surface area (TPSA) is 37.4 Å². The summed E-state index contributed by atoms with van der Waals surface area (Å²) in [6, 6.07) is 15.1. The van der Waals surface area contributed by atoms with Crippen molar-refractivity contribution in [2.45, 2.75) is 58.0 Å². The molecule has 1 aliphatic rings. The average molecular weight is 472 g/mol. The van der Waals surface area contributed by atoms with Crippen LogP contribution in [0.15, 0.2) is 61.2 Å². The van der Waals surface area contributed by atoms with E-state index in [1.165, 1.54) is 0 Å². The van der Waals surface area contributed by atoms with Crippen molar-refractivity contribution in [1.82, 2.24) is 4.90 Å². The Morgan fingerprint density at radius 2 is 1.84 bits per heavy atom. The summed E-state index contributed by atoms with van der Waals surface area (Å²) in [6.45, 7) is 9.85. The molecule has 2 aromatic rings. The molecular weight excluding hydrogens is 441 g/mol. The normalized spacial score (nSPS) is 25.3. The molecule has 1 aliphatic heterocycles. The highest BCUT2D eigenvalue weighted by atomic mass is 35.5. The molecule has 5 atom stereocenters. The van der Waals surface area contributed by atoms with Crippen LogP contribution in [0.3, 0.4) is 0 Å². The fourth-order valence-corrected chi connectivity index (χ4v) is 5.49. The highest BCUT2D eigenvalue weighted by Gasteiger charge is 2.51. The first kappa shape index (κ1) is 24.5. The molecule has 0 bridgehead atoms. The minimum absolute atomic E-state index is 0.00503. The second kappa shape index (κ2) is 10.2. The van der Waals surface area contributed by atoms with Gasteiger partial charge in [-0.1, -0.05) is 74.3 Å². The van der Waals surface area contributed by atoms with Crippen LogP contribution in [0, 0.1) is 11.3 Å². The van der Waals surface area contributed by atoms with E-state index in [0.29, 0.717) is 29.3 Å². The van der Waals surface area contributed by atoms with Crippen molar-refractivity contribution in [2.75, 3.05) is 0 Å². The lowest BCUT2D eigenvalue weighted by Gasteiger charge is -2.52. The first-order valence-corrected chi connectivity index (χ1v) is 11.9. The molecule has 0 radical (unpaired) electrons. The van der Waals surface area contributed by atoms with Crippen molar-refractivity contribution in [1.29, 1.82) is 0 Å². The lowest BCUT2D eigenvalue weighted by molar-refractivity contribution is -0.156. The smallest absolute Gasteiger partial charge is 0.229 e. The molecule has 0 unspecified atom stereocenters. The predicted octanol–water partition coefficient (Wildman–Crippen LogP) is 7.25. The van der Waals surface area contributed by atoms with Crippen LogP contribution in [0.4, 0.5) is 0 Å². The number of rotatable bonds is 8. The Morgan fingerprint density at radius 3 is 2.41 bits per heavy atom. The van der Waals surface area contributed by atoms with Gasteiger partial charge in [0.05, 0.1) is 11.5 Å². The van der Waals surface area contributed by atoms with Gasteiger partial charge in [-0.15, -0.1) is 6.58 Å². The maximum atomic E-state index is 14.1. The molecule has 1 amide bonds. The minimum atomic E-state index is -0.617. The summed E-state index contributed by atoms with van der Waals surface area (Å²) in [5, 5.41) is 1.31. The number of piperidine rings is 1. The molecule has 0 spiro atoms. The van der Waals surface area contributed by atoms with Crippen molar-refractivity contribution < 1.29 is 9.59 Å². The van der Waals surface area contributed by atoms with Gasteiger partial charge in [0.1, 0.15) is 6.29 Å².